The van der Waals surface area contributed by atoms with Gasteiger partial charge in [-0.3, -0.25) is 4.79 Å². The Kier molecular flexibility index (Phi) is 7.79. The highest BCUT2D eigenvalue weighted by atomic mass is 32.1. The van der Waals surface area contributed by atoms with Gasteiger partial charge in [0.05, 0.1) is 30.9 Å². The van der Waals surface area contributed by atoms with E-state index in [1.807, 2.05) is 0 Å². The summed E-state index contributed by atoms with van der Waals surface area (Å²) in [6.45, 7) is 6.49. The van der Waals surface area contributed by atoms with Crippen LogP contribution in [0.2, 0.25) is 0 Å². The molecule has 1 saturated heterocycles. The third-order valence-electron chi connectivity index (χ3n) is 5.90. The number of pyridine rings is 1. The molecule has 9 nitrogen and oxygen atoms in total. The highest BCUT2D eigenvalue weighted by Crippen LogP contribution is 2.40. The van der Waals surface area contributed by atoms with E-state index in [0.717, 1.165) is 48.6 Å². The first-order chi connectivity index (χ1) is 16.5. The van der Waals surface area contributed by atoms with Crippen LogP contribution < -0.4 is 10.2 Å². The maximum Gasteiger partial charge on any atom is 0.341 e. The molecule has 0 unspecified atom stereocenters. The summed E-state index contributed by atoms with van der Waals surface area (Å²) in [6, 6.07) is 3.39. The number of aromatic nitrogens is 1. The number of nitrogens with one attached hydrogen (secondary N) is 1. The largest absolute Gasteiger partial charge is 0.462 e. The second-order valence-electron chi connectivity index (χ2n) is 8.41. The zero-order chi connectivity index (χ0) is 24.1. The van der Waals surface area contributed by atoms with Crippen molar-refractivity contribution in [2.24, 2.45) is 5.92 Å². The summed E-state index contributed by atoms with van der Waals surface area (Å²) in [5, 5.41) is 3.20. The quantitative estimate of drug-likeness (QED) is 0.594. The number of thiophene rings is 1. The highest BCUT2D eigenvalue weighted by Gasteiger charge is 2.29. The highest BCUT2D eigenvalue weighted by molar-refractivity contribution is 7.17. The predicted octanol–water partition coefficient (Wildman–Crippen LogP) is 3.08. The summed E-state index contributed by atoms with van der Waals surface area (Å²) >= 11 is 1.40. The Morgan fingerprint density at radius 3 is 2.71 bits per heavy atom. The van der Waals surface area contributed by atoms with Crippen molar-refractivity contribution in [2.75, 3.05) is 49.7 Å². The van der Waals surface area contributed by atoms with Gasteiger partial charge in [0.1, 0.15) is 10.8 Å². The Labute approximate surface area is 202 Å². The van der Waals surface area contributed by atoms with Crippen molar-refractivity contribution in [1.29, 1.82) is 0 Å². The van der Waals surface area contributed by atoms with E-state index in [4.69, 9.17) is 14.2 Å². The molecule has 1 fully saturated rings. The maximum absolute atomic E-state index is 12.6. The molecule has 4 rings (SSSR count). The summed E-state index contributed by atoms with van der Waals surface area (Å²) in [5.41, 5.74) is 1.65. The molecule has 3 heterocycles. The number of ether oxygens (including phenoxy) is 3. The van der Waals surface area contributed by atoms with Gasteiger partial charge in [0.2, 0.25) is 0 Å². The standard InChI is InChI=1S/C24H29N3O6S/c1-3-32-24(30)21-17-6-4-15(2)12-18(17)34-22(21)26-20(28)14-33-23(29)16-5-7-19(25-13-16)27-8-10-31-11-9-27/h5,7,13,15H,3-4,6,8-12,14H2,1-2H3,(H,26,28)/t15-/m0/s1. The minimum absolute atomic E-state index is 0.253. The first-order valence-corrected chi connectivity index (χ1v) is 12.3. The summed E-state index contributed by atoms with van der Waals surface area (Å²) < 4.78 is 15.7. The van der Waals surface area contributed by atoms with E-state index in [9.17, 15) is 14.4 Å². The van der Waals surface area contributed by atoms with Crippen molar-refractivity contribution >= 4 is 40.0 Å². The molecule has 1 N–H and O–H groups in total. The number of anilines is 2. The van der Waals surface area contributed by atoms with Crippen LogP contribution in [0.3, 0.4) is 0 Å². The van der Waals surface area contributed by atoms with Gasteiger partial charge < -0.3 is 24.4 Å². The summed E-state index contributed by atoms with van der Waals surface area (Å²) in [4.78, 5) is 45.0. The normalized spacial score (nSPS) is 17.6. The Balaban J connectivity index is 1.37. The van der Waals surface area contributed by atoms with Crippen molar-refractivity contribution in [1.82, 2.24) is 4.98 Å². The summed E-state index contributed by atoms with van der Waals surface area (Å²) in [7, 11) is 0. The second kappa shape index (κ2) is 11.0. The second-order valence-corrected chi connectivity index (χ2v) is 9.51. The van der Waals surface area contributed by atoms with Crippen LogP contribution in [0.4, 0.5) is 10.8 Å². The molecule has 0 radical (unpaired) electrons. The van der Waals surface area contributed by atoms with Gasteiger partial charge in [-0.25, -0.2) is 14.6 Å². The number of rotatable bonds is 7. The molecule has 1 amide bonds. The lowest BCUT2D eigenvalue weighted by Gasteiger charge is -2.27. The van der Waals surface area contributed by atoms with Gasteiger partial charge in [0.25, 0.3) is 5.91 Å². The molecule has 2 aromatic rings. The molecule has 10 heteroatoms. The minimum Gasteiger partial charge on any atom is -0.462 e. The number of esters is 2. The molecule has 1 aliphatic carbocycles. The van der Waals surface area contributed by atoms with E-state index < -0.39 is 24.5 Å². The first-order valence-electron chi connectivity index (χ1n) is 11.5. The van der Waals surface area contributed by atoms with E-state index in [1.165, 1.54) is 17.5 Å². The van der Waals surface area contributed by atoms with Gasteiger partial charge in [0.15, 0.2) is 6.61 Å². The number of morpholine rings is 1. The Hall–Kier alpha value is -2.98. The van der Waals surface area contributed by atoms with Crippen LogP contribution in [-0.2, 0) is 31.8 Å². The molecule has 1 atom stereocenters. The SMILES string of the molecule is CCOC(=O)c1c(NC(=O)COC(=O)c2ccc(N3CCOCC3)nc2)sc2c1CC[C@H](C)C2. The number of carbonyl (C=O) groups excluding carboxylic acids is 3. The number of nitrogens with zero attached hydrogens (tertiary/aromatic N) is 2. The van der Waals surface area contributed by atoms with E-state index >= 15 is 0 Å². The average molecular weight is 488 g/mol. The topological polar surface area (TPSA) is 107 Å². The van der Waals surface area contributed by atoms with E-state index in [-0.39, 0.29) is 12.2 Å². The van der Waals surface area contributed by atoms with Crippen molar-refractivity contribution in [3.8, 4) is 0 Å². The van der Waals surface area contributed by atoms with E-state index in [2.05, 4.69) is 22.1 Å². The molecule has 34 heavy (non-hydrogen) atoms. The minimum atomic E-state index is -0.638. The third kappa shape index (κ3) is 5.56. The molecule has 0 saturated carbocycles. The van der Waals surface area contributed by atoms with E-state index in [1.54, 1.807) is 19.1 Å². The summed E-state index contributed by atoms with van der Waals surface area (Å²) in [5.74, 6) is -0.299. The van der Waals surface area contributed by atoms with Crippen molar-refractivity contribution in [3.63, 3.8) is 0 Å². The smallest absolute Gasteiger partial charge is 0.341 e. The summed E-state index contributed by atoms with van der Waals surface area (Å²) in [6.07, 6.45) is 4.07. The van der Waals surface area contributed by atoms with Crippen LogP contribution in [0.25, 0.3) is 0 Å². The lowest BCUT2D eigenvalue weighted by molar-refractivity contribution is -0.119. The third-order valence-corrected chi connectivity index (χ3v) is 7.07. The lowest BCUT2D eigenvalue weighted by atomic mass is 9.88. The predicted molar refractivity (Wildman–Crippen MR) is 128 cm³/mol. The molecule has 2 aromatic heterocycles. The number of fused-ring (bicyclic) bond motifs is 1. The van der Waals surface area contributed by atoms with E-state index in [0.29, 0.717) is 29.7 Å². The molecule has 182 valence electrons. The molecule has 0 spiro atoms. The Morgan fingerprint density at radius 2 is 2.00 bits per heavy atom. The monoisotopic (exact) mass is 487 g/mol. The van der Waals surface area contributed by atoms with Crippen LogP contribution in [0.15, 0.2) is 18.3 Å². The zero-order valence-corrected chi connectivity index (χ0v) is 20.2. The van der Waals surface area contributed by atoms with Gasteiger partial charge >= 0.3 is 11.9 Å². The molecule has 1 aliphatic heterocycles. The van der Waals surface area contributed by atoms with Crippen molar-refractivity contribution in [3.05, 3.63) is 39.9 Å². The lowest BCUT2D eigenvalue weighted by Crippen LogP contribution is -2.36. The molecular weight excluding hydrogens is 458 g/mol. The van der Waals surface area contributed by atoms with Gasteiger partial charge in [-0.15, -0.1) is 11.3 Å². The zero-order valence-electron chi connectivity index (χ0n) is 19.4. The average Bonchev–Trinajstić information content (AvgIpc) is 3.20. The van der Waals surface area contributed by atoms with Crippen LogP contribution in [0.1, 0.15) is 51.4 Å². The number of hydrogen-bond donors (Lipinski definition) is 1. The van der Waals surface area contributed by atoms with Crippen LogP contribution in [-0.4, -0.2) is 62.3 Å². The van der Waals surface area contributed by atoms with Gasteiger partial charge in [-0.2, -0.15) is 0 Å². The first kappa shape index (κ1) is 24.2. The fourth-order valence-corrected chi connectivity index (χ4v) is 5.54. The maximum atomic E-state index is 12.6. The molecule has 0 aromatic carbocycles. The number of amides is 1. The number of hydrogen-bond acceptors (Lipinski definition) is 9. The van der Waals surface area contributed by atoms with Crippen LogP contribution >= 0.6 is 11.3 Å². The van der Waals surface area contributed by atoms with Crippen molar-refractivity contribution in [2.45, 2.75) is 33.1 Å². The number of carbonyl (C=O) groups is 3. The molecule has 0 bridgehead atoms. The fraction of sp³-hybridized carbons (Fsp3) is 0.500. The Morgan fingerprint density at radius 1 is 1.21 bits per heavy atom. The fourth-order valence-electron chi connectivity index (χ4n) is 4.12. The van der Waals surface area contributed by atoms with Crippen LogP contribution in [0.5, 0.6) is 0 Å². The van der Waals surface area contributed by atoms with Crippen molar-refractivity contribution < 1.29 is 28.6 Å². The molecular formula is C24H29N3O6S. The van der Waals surface area contributed by atoms with Gasteiger partial charge in [-0.05, 0) is 49.8 Å². The van der Waals surface area contributed by atoms with Crippen LogP contribution in [0, 0.1) is 5.92 Å². The van der Waals surface area contributed by atoms with Gasteiger partial charge in [0, 0.05) is 24.2 Å². The Bertz CT molecular complexity index is 1050. The molecule has 2 aliphatic rings. The van der Waals surface area contributed by atoms with Gasteiger partial charge in [-0.1, -0.05) is 6.92 Å².